The maximum atomic E-state index is 11.7. The first-order valence-electron chi connectivity index (χ1n) is 7.88. The minimum absolute atomic E-state index is 0.0122. The predicted molar refractivity (Wildman–Crippen MR) is 86.1 cm³/mol. The number of ether oxygens (including phenoxy) is 1. The van der Waals surface area contributed by atoms with Crippen LogP contribution in [0.25, 0.3) is 11.3 Å². The third-order valence-corrected chi connectivity index (χ3v) is 3.70. The number of nitrogens with one attached hydrogen (secondary N) is 1. The number of amides is 3. The molecule has 1 aromatic carbocycles. The molecule has 0 bridgehead atoms. The topological polar surface area (TPSA) is 102 Å². The summed E-state index contributed by atoms with van der Waals surface area (Å²) in [5, 5.41) is 6.29. The van der Waals surface area contributed by atoms with Gasteiger partial charge in [0.15, 0.2) is 5.76 Å². The highest BCUT2D eigenvalue weighted by Gasteiger charge is 2.27. The van der Waals surface area contributed by atoms with Crippen LogP contribution in [0.15, 0.2) is 40.9 Å². The summed E-state index contributed by atoms with van der Waals surface area (Å²) >= 11 is 0. The Hall–Kier alpha value is -3.16. The predicted octanol–water partition coefficient (Wildman–Crippen LogP) is 1.72. The fourth-order valence-electron chi connectivity index (χ4n) is 2.41. The van der Waals surface area contributed by atoms with Crippen molar-refractivity contribution >= 4 is 17.9 Å². The van der Waals surface area contributed by atoms with Gasteiger partial charge in [0.05, 0.1) is 6.54 Å². The first-order valence-corrected chi connectivity index (χ1v) is 7.88. The minimum Gasteiger partial charge on any atom is -0.459 e. The van der Waals surface area contributed by atoms with Crippen molar-refractivity contribution in [1.82, 2.24) is 15.4 Å². The Morgan fingerprint density at radius 1 is 1.28 bits per heavy atom. The summed E-state index contributed by atoms with van der Waals surface area (Å²) in [5.41, 5.74) is 1.41. The van der Waals surface area contributed by atoms with Crippen LogP contribution < -0.4 is 5.32 Å². The zero-order chi connectivity index (χ0) is 17.6. The highest BCUT2D eigenvalue weighted by Crippen LogP contribution is 2.20. The van der Waals surface area contributed by atoms with Crippen LogP contribution in [0.1, 0.15) is 18.5 Å². The third-order valence-electron chi connectivity index (χ3n) is 3.70. The maximum absolute atomic E-state index is 11.7. The minimum atomic E-state index is -0.422. The van der Waals surface area contributed by atoms with Gasteiger partial charge in [-0.15, -0.1) is 0 Å². The second-order valence-electron chi connectivity index (χ2n) is 5.52. The Bertz CT molecular complexity index is 756. The molecule has 2 aromatic rings. The van der Waals surface area contributed by atoms with E-state index in [0.29, 0.717) is 17.9 Å². The lowest BCUT2D eigenvalue weighted by atomic mass is 10.2. The monoisotopic (exact) mass is 343 g/mol. The Kier molecular flexibility index (Phi) is 5.08. The van der Waals surface area contributed by atoms with Crippen molar-refractivity contribution in [3.63, 3.8) is 0 Å². The zero-order valence-electron chi connectivity index (χ0n) is 13.4. The molecule has 0 radical (unpaired) electrons. The van der Waals surface area contributed by atoms with E-state index in [-0.39, 0.29) is 32.0 Å². The van der Waals surface area contributed by atoms with Crippen LogP contribution in [0.5, 0.6) is 0 Å². The fourth-order valence-corrected chi connectivity index (χ4v) is 2.41. The van der Waals surface area contributed by atoms with Crippen molar-refractivity contribution in [2.24, 2.45) is 0 Å². The van der Waals surface area contributed by atoms with Gasteiger partial charge < -0.3 is 14.6 Å². The second kappa shape index (κ2) is 7.61. The molecular formula is C17H17N3O5. The average Bonchev–Trinajstić information content (AvgIpc) is 3.22. The molecule has 0 spiro atoms. The molecule has 1 fully saturated rings. The quantitative estimate of drug-likeness (QED) is 0.607. The summed E-state index contributed by atoms with van der Waals surface area (Å²) in [5.74, 6) is -0.101. The largest absolute Gasteiger partial charge is 0.459 e. The van der Waals surface area contributed by atoms with Gasteiger partial charge >= 0.3 is 12.0 Å². The van der Waals surface area contributed by atoms with E-state index in [9.17, 15) is 14.4 Å². The van der Waals surface area contributed by atoms with Gasteiger partial charge in [-0.3, -0.25) is 14.5 Å². The molecule has 25 heavy (non-hydrogen) atoms. The highest BCUT2D eigenvalue weighted by molar-refractivity contribution is 6.01. The number of nitrogens with zero attached hydrogens (tertiary/aromatic N) is 2. The Labute approximate surface area is 143 Å². The van der Waals surface area contributed by atoms with Gasteiger partial charge in [0.1, 0.15) is 12.3 Å². The molecular weight excluding hydrogens is 326 g/mol. The molecule has 1 aliphatic rings. The van der Waals surface area contributed by atoms with Crippen molar-refractivity contribution in [2.75, 3.05) is 13.1 Å². The lowest BCUT2D eigenvalue weighted by Crippen LogP contribution is -2.32. The molecule has 130 valence electrons. The van der Waals surface area contributed by atoms with Crippen LogP contribution in [-0.2, 0) is 20.9 Å². The number of esters is 1. The van der Waals surface area contributed by atoms with Crippen molar-refractivity contribution in [1.29, 1.82) is 0 Å². The van der Waals surface area contributed by atoms with Crippen LogP contribution in [0.4, 0.5) is 4.79 Å². The van der Waals surface area contributed by atoms with Gasteiger partial charge in [-0.25, -0.2) is 4.79 Å². The van der Waals surface area contributed by atoms with Gasteiger partial charge in [-0.2, -0.15) is 0 Å². The Balaban J connectivity index is 1.41. The molecule has 0 unspecified atom stereocenters. The van der Waals surface area contributed by atoms with Crippen molar-refractivity contribution in [3.8, 4) is 11.3 Å². The fraction of sp³-hybridized carbons (Fsp3) is 0.294. The molecule has 0 atom stereocenters. The van der Waals surface area contributed by atoms with Crippen LogP contribution in [0.2, 0.25) is 0 Å². The normalized spacial score (nSPS) is 13.8. The number of urea groups is 1. The van der Waals surface area contributed by atoms with E-state index in [1.54, 1.807) is 6.07 Å². The number of hydrogen-bond donors (Lipinski definition) is 1. The summed E-state index contributed by atoms with van der Waals surface area (Å²) < 4.78 is 10.4. The Morgan fingerprint density at radius 2 is 2.08 bits per heavy atom. The van der Waals surface area contributed by atoms with Crippen LogP contribution in [0, 0.1) is 0 Å². The summed E-state index contributed by atoms with van der Waals surface area (Å²) in [4.78, 5) is 35.6. The average molecular weight is 343 g/mol. The van der Waals surface area contributed by atoms with E-state index < -0.39 is 12.0 Å². The van der Waals surface area contributed by atoms with Gasteiger partial charge in [0.2, 0.25) is 5.91 Å². The van der Waals surface area contributed by atoms with Crippen molar-refractivity contribution in [2.45, 2.75) is 19.4 Å². The standard InChI is InChI=1S/C17H17N3O5/c21-15-10-18-17(23)20(15)8-4-7-16(22)24-11-13-9-14(25-19-13)12-5-2-1-3-6-12/h1-3,5-6,9H,4,7-8,10-11H2,(H,18,23). The molecule has 8 nitrogen and oxygen atoms in total. The molecule has 3 amide bonds. The van der Waals surface area contributed by atoms with Crippen molar-refractivity contribution < 1.29 is 23.6 Å². The number of imide groups is 1. The molecule has 1 saturated heterocycles. The van der Waals surface area contributed by atoms with Gasteiger partial charge in [-0.1, -0.05) is 35.5 Å². The number of carbonyl (C=O) groups is 3. The number of benzene rings is 1. The molecule has 1 aromatic heterocycles. The van der Waals surface area contributed by atoms with E-state index in [0.717, 1.165) is 10.5 Å². The SMILES string of the molecule is O=C(CCCN1C(=O)CNC1=O)OCc1cc(-c2ccccc2)on1. The number of aromatic nitrogens is 1. The molecule has 8 heteroatoms. The highest BCUT2D eigenvalue weighted by atomic mass is 16.5. The number of rotatable bonds is 7. The van der Waals surface area contributed by atoms with Crippen LogP contribution in [-0.4, -0.2) is 41.1 Å². The summed E-state index contributed by atoms with van der Waals surface area (Å²) in [7, 11) is 0. The van der Waals surface area contributed by atoms with Crippen LogP contribution >= 0.6 is 0 Å². The zero-order valence-corrected chi connectivity index (χ0v) is 13.4. The molecule has 0 saturated carbocycles. The first-order chi connectivity index (χ1) is 12.1. The Morgan fingerprint density at radius 3 is 2.80 bits per heavy atom. The second-order valence-corrected chi connectivity index (χ2v) is 5.52. The summed E-state index contributed by atoms with van der Waals surface area (Å²) in [6.45, 7) is 0.222. The maximum Gasteiger partial charge on any atom is 0.324 e. The van der Waals surface area contributed by atoms with Crippen LogP contribution in [0.3, 0.4) is 0 Å². The van der Waals surface area contributed by atoms with E-state index in [2.05, 4.69) is 10.5 Å². The smallest absolute Gasteiger partial charge is 0.324 e. The summed E-state index contributed by atoms with van der Waals surface area (Å²) in [6, 6.07) is 10.8. The number of hydrogen-bond acceptors (Lipinski definition) is 6. The third kappa shape index (κ3) is 4.23. The van der Waals surface area contributed by atoms with E-state index in [1.807, 2.05) is 30.3 Å². The lowest BCUT2D eigenvalue weighted by Gasteiger charge is -2.11. The van der Waals surface area contributed by atoms with E-state index >= 15 is 0 Å². The van der Waals surface area contributed by atoms with Gasteiger partial charge in [0.25, 0.3) is 0 Å². The molecule has 1 N–H and O–H groups in total. The van der Waals surface area contributed by atoms with E-state index in [1.165, 1.54) is 0 Å². The summed E-state index contributed by atoms with van der Waals surface area (Å²) in [6.07, 6.45) is 0.465. The molecule has 0 aliphatic carbocycles. The lowest BCUT2D eigenvalue weighted by molar-refractivity contribution is -0.145. The first kappa shape index (κ1) is 16.7. The molecule has 3 rings (SSSR count). The molecule has 1 aliphatic heterocycles. The van der Waals surface area contributed by atoms with Gasteiger partial charge in [-0.05, 0) is 6.42 Å². The van der Waals surface area contributed by atoms with Gasteiger partial charge in [0, 0.05) is 24.6 Å². The van der Waals surface area contributed by atoms with Crippen molar-refractivity contribution in [3.05, 3.63) is 42.1 Å². The number of carbonyl (C=O) groups excluding carboxylic acids is 3. The molecule has 2 heterocycles. The van der Waals surface area contributed by atoms with E-state index in [4.69, 9.17) is 9.26 Å².